The molecule has 0 radical (unpaired) electrons. The van der Waals surface area contributed by atoms with Gasteiger partial charge in [0.15, 0.2) is 0 Å². The molecule has 1 aromatic carbocycles. The molecule has 0 bridgehead atoms. The van der Waals surface area contributed by atoms with Crippen molar-refractivity contribution in [2.24, 2.45) is 0 Å². The Kier molecular flexibility index (Phi) is 6.22. The lowest BCUT2D eigenvalue weighted by Gasteiger charge is -2.24. The second-order valence-corrected chi connectivity index (χ2v) is 7.96. The molecule has 0 aromatic heterocycles. The van der Waals surface area contributed by atoms with Gasteiger partial charge in [-0.15, -0.1) is 0 Å². The smallest absolute Gasteiger partial charge is 0.337 e. The topological polar surface area (TPSA) is 74.7 Å². The maximum Gasteiger partial charge on any atom is 0.337 e. The lowest BCUT2D eigenvalue weighted by atomic mass is 10.2. The highest BCUT2D eigenvalue weighted by Crippen LogP contribution is 2.31. The third-order valence-corrected chi connectivity index (χ3v) is 6.45. The lowest BCUT2D eigenvalue weighted by Crippen LogP contribution is -2.35. The molecule has 0 aliphatic carbocycles. The molecule has 1 rings (SSSR count). The van der Waals surface area contributed by atoms with Crippen LogP contribution in [0.1, 0.15) is 37.0 Å². The molecule has 1 aromatic rings. The van der Waals surface area contributed by atoms with Crippen LogP contribution >= 0.6 is 27.5 Å². The highest BCUT2D eigenvalue weighted by Gasteiger charge is 2.27. The molecule has 0 aliphatic rings. The van der Waals surface area contributed by atoms with Gasteiger partial charge in [-0.25, -0.2) is 13.2 Å². The number of hydrogen-bond acceptors (Lipinski definition) is 3. The van der Waals surface area contributed by atoms with Gasteiger partial charge in [0.25, 0.3) is 0 Å². The van der Waals surface area contributed by atoms with Crippen molar-refractivity contribution in [3.8, 4) is 0 Å². The Morgan fingerprint density at radius 2 is 2.05 bits per heavy atom. The molecule has 0 amide bonds. The Morgan fingerprint density at radius 1 is 1.48 bits per heavy atom. The van der Waals surface area contributed by atoms with Crippen molar-refractivity contribution in [2.75, 3.05) is 7.05 Å². The quantitative estimate of drug-likeness (QED) is 0.794. The molecule has 21 heavy (non-hydrogen) atoms. The summed E-state index contributed by atoms with van der Waals surface area (Å²) in [6.07, 6.45) is 1.57. The van der Waals surface area contributed by atoms with Gasteiger partial charge >= 0.3 is 5.97 Å². The Balaban J connectivity index is 3.36. The third-order valence-electron chi connectivity index (χ3n) is 3.24. The molecule has 1 N–H and O–H groups in total. The average molecular weight is 399 g/mol. The fourth-order valence-corrected chi connectivity index (χ4v) is 4.12. The van der Waals surface area contributed by atoms with Crippen molar-refractivity contribution in [1.29, 1.82) is 0 Å². The summed E-state index contributed by atoms with van der Waals surface area (Å²) in [4.78, 5) is 11.0. The predicted molar refractivity (Wildman–Crippen MR) is 85.4 cm³/mol. The molecule has 0 fully saturated rings. The van der Waals surface area contributed by atoms with Gasteiger partial charge < -0.3 is 5.11 Å². The van der Waals surface area contributed by atoms with E-state index in [0.29, 0.717) is 0 Å². The predicted octanol–water partition coefficient (Wildman–Crippen LogP) is 3.61. The number of halogens is 2. The number of carboxylic acid groups (broad SMARTS) is 1. The van der Waals surface area contributed by atoms with Crippen molar-refractivity contribution in [3.05, 3.63) is 27.2 Å². The molecule has 8 heteroatoms. The van der Waals surface area contributed by atoms with Gasteiger partial charge in [-0.2, -0.15) is 4.31 Å². The van der Waals surface area contributed by atoms with Crippen molar-refractivity contribution < 1.29 is 18.3 Å². The van der Waals surface area contributed by atoms with E-state index in [9.17, 15) is 13.2 Å². The molecule has 0 saturated carbocycles. The number of rotatable bonds is 6. The first-order valence-corrected chi connectivity index (χ1v) is 8.94. The number of benzene rings is 1. The lowest BCUT2D eigenvalue weighted by molar-refractivity contribution is 0.0696. The number of sulfonamides is 1. The summed E-state index contributed by atoms with van der Waals surface area (Å²) in [5.74, 6) is -1.28. The van der Waals surface area contributed by atoms with E-state index < -0.39 is 16.0 Å². The summed E-state index contributed by atoms with van der Waals surface area (Å²) in [5.41, 5.74) is -0.249. The van der Waals surface area contributed by atoms with Crippen LogP contribution in [-0.2, 0) is 10.0 Å². The summed E-state index contributed by atoms with van der Waals surface area (Å²) in [7, 11) is -2.29. The van der Waals surface area contributed by atoms with Crippen molar-refractivity contribution in [2.45, 2.75) is 37.6 Å². The van der Waals surface area contributed by atoms with Crippen LogP contribution in [0.5, 0.6) is 0 Å². The van der Waals surface area contributed by atoms with Crippen LogP contribution in [-0.4, -0.2) is 36.9 Å². The van der Waals surface area contributed by atoms with E-state index in [1.165, 1.54) is 17.4 Å². The zero-order valence-electron chi connectivity index (χ0n) is 11.9. The highest BCUT2D eigenvalue weighted by molar-refractivity contribution is 9.10. The van der Waals surface area contributed by atoms with Crippen LogP contribution in [0.25, 0.3) is 0 Å². The molecule has 1 atom stereocenters. The first-order valence-electron chi connectivity index (χ1n) is 6.33. The van der Waals surface area contributed by atoms with Crippen LogP contribution in [0.15, 0.2) is 21.5 Å². The molecular formula is C13H17BrClNO4S. The minimum Gasteiger partial charge on any atom is -0.478 e. The monoisotopic (exact) mass is 397 g/mol. The van der Waals surface area contributed by atoms with Gasteiger partial charge in [0.2, 0.25) is 10.0 Å². The van der Waals surface area contributed by atoms with Gasteiger partial charge in [-0.3, -0.25) is 0 Å². The van der Waals surface area contributed by atoms with Gasteiger partial charge in [0, 0.05) is 17.6 Å². The maximum absolute atomic E-state index is 12.6. The zero-order valence-corrected chi connectivity index (χ0v) is 15.1. The minimum atomic E-state index is -3.77. The summed E-state index contributed by atoms with van der Waals surface area (Å²) in [6.45, 7) is 3.78. The number of aromatic carboxylic acids is 1. The van der Waals surface area contributed by atoms with Gasteiger partial charge in [0.1, 0.15) is 0 Å². The van der Waals surface area contributed by atoms with E-state index in [2.05, 4.69) is 15.9 Å². The molecule has 1 unspecified atom stereocenters. The summed E-state index contributed by atoms with van der Waals surface area (Å²) in [5, 5.41) is 9.08. The second-order valence-electron chi connectivity index (χ2n) is 4.73. The molecule has 0 saturated heterocycles. The summed E-state index contributed by atoms with van der Waals surface area (Å²) < 4.78 is 26.6. The van der Waals surface area contributed by atoms with E-state index in [1.807, 2.05) is 13.8 Å². The standard InChI is InChI=1S/C13H17BrClNO4S/c1-4-5-8(2)16(3)21(19,20)9-6-10(13(17)18)12(15)11(14)7-9/h6-8H,4-5H2,1-3H3,(H,17,18). The fraction of sp³-hybridized carbons (Fsp3) is 0.462. The molecule has 5 nitrogen and oxygen atoms in total. The molecule has 0 aliphatic heterocycles. The van der Waals surface area contributed by atoms with Crippen molar-refractivity contribution in [1.82, 2.24) is 4.31 Å². The Bertz CT molecular complexity index is 648. The van der Waals surface area contributed by atoms with Crippen molar-refractivity contribution in [3.63, 3.8) is 0 Å². The van der Waals surface area contributed by atoms with E-state index >= 15 is 0 Å². The molecule has 118 valence electrons. The number of carboxylic acids is 1. The number of carbonyl (C=O) groups is 1. The number of nitrogens with zero attached hydrogens (tertiary/aromatic N) is 1. The fourth-order valence-electron chi connectivity index (χ4n) is 1.87. The Hall–Kier alpha value is -0.630. The molecule has 0 spiro atoms. The maximum atomic E-state index is 12.6. The van der Waals surface area contributed by atoms with E-state index in [4.69, 9.17) is 16.7 Å². The normalized spacial score (nSPS) is 13.4. The number of hydrogen-bond donors (Lipinski definition) is 1. The van der Waals surface area contributed by atoms with Crippen LogP contribution < -0.4 is 0 Å². The summed E-state index contributed by atoms with van der Waals surface area (Å²) in [6, 6.07) is 2.22. The SMILES string of the molecule is CCCC(C)N(C)S(=O)(=O)c1cc(Br)c(Cl)c(C(=O)O)c1. The largest absolute Gasteiger partial charge is 0.478 e. The van der Waals surface area contributed by atoms with Gasteiger partial charge in [0.05, 0.1) is 15.5 Å². The molecular weight excluding hydrogens is 382 g/mol. The average Bonchev–Trinajstić information content (AvgIpc) is 2.40. The Morgan fingerprint density at radius 3 is 2.52 bits per heavy atom. The first-order chi connectivity index (χ1) is 9.62. The third kappa shape index (κ3) is 3.97. The second kappa shape index (κ2) is 7.09. The van der Waals surface area contributed by atoms with Crippen molar-refractivity contribution >= 4 is 43.5 Å². The Labute approximate surface area is 138 Å². The molecule has 0 heterocycles. The van der Waals surface area contributed by atoms with Gasteiger partial charge in [-0.05, 0) is 41.4 Å². The van der Waals surface area contributed by atoms with Crippen LogP contribution in [0.4, 0.5) is 0 Å². The van der Waals surface area contributed by atoms with E-state index in [-0.39, 0.29) is 26.0 Å². The highest BCUT2D eigenvalue weighted by atomic mass is 79.9. The summed E-state index contributed by atoms with van der Waals surface area (Å²) >= 11 is 8.96. The van der Waals surface area contributed by atoms with Crippen LogP contribution in [0.2, 0.25) is 5.02 Å². The minimum absolute atomic E-state index is 0.0225. The van der Waals surface area contributed by atoms with E-state index in [1.54, 1.807) is 0 Å². The van der Waals surface area contributed by atoms with Crippen LogP contribution in [0, 0.1) is 0 Å². The van der Waals surface area contributed by atoms with E-state index in [0.717, 1.165) is 18.9 Å². The van der Waals surface area contributed by atoms with Crippen LogP contribution in [0.3, 0.4) is 0 Å². The van der Waals surface area contributed by atoms with Gasteiger partial charge in [-0.1, -0.05) is 24.9 Å². The zero-order chi connectivity index (χ0) is 16.4. The first kappa shape index (κ1) is 18.4.